The molecule has 0 N–H and O–H groups in total. The molecule has 0 bridgehead atoms. The van der Waals surface area contributed by atoms with Gasteiger partial charge in [0.15, 0.2) is 5.82 Å². The summed E-state index contributed by atoms with van der Waals surface area (Å²) in [5.41, 5.74) is 0.849. The molecule has 1 aliphatic heterocycles. The van der Waals surface area contributed by atoms with Crippen molar-refractivity contribution in [2.75, 3.05) is 26.2 Å². The van der Waals surface area contributed by atoms with E-state index in [0.717, 1.165) is 17.8 Å². The molecule has 12 heteroatoms. The SMILES string of the molecule is Cc1c(C(=O)N2CCN(Cc3cccc([N+](=O)[O-])c3)CC2)cnn1-c1ccc(C(F)(F)F)cn1. The van der Waals surface area contributed by atoms with Gasteiger partial charge >= 0.3 is 6.18 Å². The fraction of sp³-hybridized carbons (Fsp3) is 0.318. The summed E-state index contributed by atoms with van der Waals surface area (Å²) in [5.74, 6) is -0.0306. The van der Waals surface area contributed by atoms with Crippen molar-refractivity contribution in [1.82, 2.24) is 24.6 Å². The molecule has 0 saturated carbocycles. The van der Waals surface area contributed by atoms with E-state index in [0.29, 0.717) is 44.0 Å². The molecule has 2 aromatic heterocycles. The molecule has 1 saturated heterocycles. The number of amides is 1. The number of non-ortho nitro benzene ring substituents is 1. The third-order valence-electron chi connectivity index (χ3n) is 5.72. The van der Waals surface area contributed by atoms with Gasteiger partial charge in [-0.3, -0.25) is 19.8 Å². The molecule has 1 amide bonds. The molecule has 1 fully saturated rings. The summed E-state index contributed by atoms with van der Waals surface area (Å²) in [6.45, 7) is 4.34. The minimum atomic E-state index is -4.48. The fourth-order valence-electron chi connectivity index (χ4n) is 3.84. The Hall–Kier alpha value is -3.80. The van der Waals surface area contributed by atoms with Crippen LogP contribution in [-0.2, 0) is 12.7 Å². The van der Waals surface area contributed by atoms with E-state index in [-0.39, 0.29) is 17.4 Å². The van der Waals surface area contributed by atoms with Crippen molar-refractivity contribution in [3.8, 4) is 5.82 Å². The Labute approximate surface area is 192 Å². The highest BCUT2D eigenvalue weighted by Crippen LogP contribution is 2.29. The molecular formula is C22H21F3N6O3. The van der Waals surface area contributed by atoms with Gasteiger partial charge in [0.2, 0.25) is 0 Å². The van der Waals surface area contributed by atoms with Crippen LogP contribution >= 0.6 is 0 Å². The zero-order valence-corrected chi connectivity index (χ0v) is 18.2. The lowest BCUT2D eigenvalue weighted by Gasteiger charge is -2.34. The minimum Gasteiger partial charge on any atom is -0.336 e. The number of pyridine rings is 1. The zero-order valence-electron chi connectivity index (χ0n) is 18.2. The number of nitro groups is 1. The molecule has 0 radical (unpaired) electrons. The molecule has 0 aliphatic carbocycles. The number of halogens is 3. The summed E-state index contributed by atoms with van der Waals surface area (Å²) >= 11 is 0. The Kier molecular flexibility index (Phi) is 6.33. The molecule has 34 heavy (non-hydrogen) atoms. The predicted molar refractivity (Wildman–Crippen MR) is 115 cm³/mol. The molecule has 4 rings (SSSR count). The van der Waals surface area contributed by atoms with Gasteiger partial charge in [-0.2, -0.15) is 18.3 Å². The highest BCUT2D eigenvalue weighted by molar-refractivity contribution is 5.95. The lowest BCUT2D eigenvalue weighted by Crippen LogP contribution is -2.48. The Morgan fingerprint density at radius 1 is 1.12 bits per heavy atom. The van der Waals surface area contributed by atoms with Crippen LogP contribution in [0.4, 0.5) is 18.9 Å². The summed E-state index contributed by atoms with van der Waals surface area (Å²) in [4.78, 5) is 31.2. The third-order valence-corrected chi connectivity index (χ3v) is 5.72. The molecule has 3 aromatic rings. The monoisotopic (exact) mass is 474 g/mol. The molecule has 0 unspecified atom stereocenters. The number of alkyl halides is 3. The predicted octanol–water partition coefficient (Wildman–Crippen LogP) is 3.46. The molecule has 1 aliphatic rings. The number of benzene rings is 1. The number of carbonyl (C=O) groups is 1. The van der Waals surface area contributed by atoms with Gasteiger partial charge in [0, 0.05) is 51.1 Å². The van der Waals surface area contributed by atoms with Gasteiger partial charge in [0.1, 0.15) is 0 Å². The maximum atomic E-state index is 13.0. The van der Waals surface area contributed by atoms with Crippen molar-refractivity contribution in [1.29, 1.82) is 0 Å². The van der Waals surface area contributed by atoms with Gasteiger partial charge in [-0.25, -0.2) is 9.67 Å². The standard InChI is InChI=1S/C22H21F3N6O3/c1-15-19(13-27-30(15)20-6-5-17(12-26-20)22(23,24)25)21(32)29-9-7-28(8-10-29)14-16-3-2-4-18(11-16)31(33)34/h2-6,11-13H,7-10,14H2,1H3. The van der Waals surface area contributed by atoms with Gasteiger partial charge in [0.05, 0.1) is 27.9 Å². The van der Waals surface area contributed by atoms with Gasteiger partial charge < -0.3 is 4.90 Å². The Bertz CT molecular complexity index is 1200. The van der Waals surface area contributed by atoms with Crippen LogP contribution in [0, 0.1) is 17.0 Å². The number of hydrogen-bond donors (Lipinski definition) is 0. The maximum Gasteiger partial charge on any atom is 0.417 e. The highest BCUT2D eigenvalue weighted by atomic mass is 19.4. The molecule has 1 aromatic carbocycles. The van der Waals surface area contributed by atoms with Gasteiger partial charge in [0.25, 0.3) is 11.6 Å². The fourth-order valence-corrected chi connectivity index (χ4v) is 3.84. The van der Waals surface area contributed by atoms with E-state index in [2.05, 4.69) is 15.0 Å². The quantitative estimate of drug-likeness (QED) is 0.415. The number of aromatic nitrogens is 3. The van der Waals surface area contributed by atoms with Crippen molar-refractivity contribution >= 4 is 11.6 Å². The molecule has 0 atom stereocenters. The maximum absolute atomic E-state index is 13.0. The van der Waals surface area contributed by atoms with Crippen LogP contribution in [0.1, 0.15) is 27.2 Å². The Balaban J connectivity index is 1.39. The molecular weight excluding hydrogens is 453 g/mol. The number of nitrogens with zero attached hydrogens (tertiary/aromatic N) is 6. The van der Waals surface area contributed by atoms with E-state index in [9.17, 15) is 28.1 Å². The van der Waals surface area contributed by atoms with Crippen LogP contribution < -0.4 is 0 Å². The largest absolute Gasteiger partial charge is 0.417 e. The summed E-state index contributed by atoms with van der Waals surface area (Å²) in [6, 6.07) is 8.61. The summed E-state index contributed by atoms with van der Waals surface area (Å²) < 4.78 is 39.7. The number of carbonyl (C=O) groups excluding carboxylic acids is 1. The second-order valence-electron chi connectivity index (χ2n) is 7.95. The lowest BCUT2D eigenvalue weighted by atomic mass is 10.1. The van der Waals surface area contributed by atoms with Crippen molar-refractivity contribution < 1.29 is 22.9 Å². The van der Waals surface area contributed by atoms with E-state index in [1.807, 2.05) is 6.07 Å². The second kappa shape index (κ2) is 9.21. The van der Waals surface area contributed by atoms with Crippen molar-refractivity contribution in [2.45, 2.75) is 19.6 Å². The van der Waals surface area contributed by atoms with Crippen LogP contribution in [0.2, 0.25) is 0 Å². The number of piperazine rings is 1. The molecule has 9 nitrogen and oxygen atoms in total. The van der Waals surface area contributed by atoms with Crippen LogP contribution in [-0.4, -0.2) is 61.6 Å². The minimum absolute atomic E-state index is 0.0429. The van der Waals surface area contributed by atoms with E-state index >= 15 is 0 Å². The Morgan fingerprint density at radius 2 is 1.85 bits per heavy atom. The normalized spacial score (nSPS) is 14.9. The first-order valence-corrected chi connectivity index (χ1v) is 10.5. The Morgan fingerprint density at radius 3 is 2.47 bits per heavy atom. The van der Waals surface area contributed by atoms with E-state index in [1.165, 1.54) is 23.0 Å². The molecule has 0 spiro atoms. The summed E-state index contributed by atoms with van der Waals surface area (Å²) in [6.07, 6.45) is -2.35. The van der Waals surface area contributed by atoms with Gasteiger partial charge in [-0.1, -0.05) is 12.1 Å². The lowest BCUT2D eigenvalue weighted by molar-refractivity contribution is -0.384. The van der Waals surface area contributed by atoms with Crippen LogP contribution in [0.5, 0.6) is 0 Å². The van der Waals surface area contributed by atoms with Crippen LogP contribution in [0.25, 0.3) is 5.82 Å². The third kappa shape index (κ3) is 4.91. The van der Waals surface area contributed by atoms with Crippen molar-refractivity contribution in [3.05, 3.63) is 81.3 Å². The van der Waals surface area contributed by atoms with Crippen LogP contribution in [0.15, 0.2) is 48.8 Å². The van der Waals surface area contributed by atoms with E-state index in [4.69, 9.17) is 0 Å². The number of nitro benzene ring substituents is 1. The summed E-state index contributed by atoms with van der Waals surface area (Å²) in [5, 5.41) is 15.1. The van der Waals surface area contributed by atoms with E-state index < -0.39 is 16.7 Å². The van der Waals surface area contributed by atoms with E-state index in [1.54, 1.807) is 24.0 Å². The van der Waals surface area contributed by atoms with Gasteiger partial charge in [-0.15, -0.1) is 0 Å². The average molecular weight is 474 g/mol. The first-order chi connectivity index (χ1) is 16.1. The van der Waals surface area contributed by atoms with Crippen molar-refractivity contribution in [2.24, 2.45) is 0 Å². The zero-order chi connectivity index (χ0) is 24.5. The first-order valence-electron chi connectivity index (χ1n) is 10.5. The molecule has 178 valence electrons. The average Bonchev–Trinajstić information content (AvgIpc) is 3.20. The smallest absolute Gasteiger partial charge is 0.336 e. The number of hydrogen-bond acceptors (Lipinski definition) is 6. The van der Waals surface area contributed by atoms with Crippen molar-refractivity contribution in [3.63, 3.8) is 0 Å². The first kappa shape index (κ1) is 23.4. The van der Waals surface area contributed by atoms with Gasteiger partial charge in [-0.05, 0) is 24.6 Å². The highest BCUT2D eigenvalue weighted by Gasteiger charge is 2.31. The topological polar surface area (TPSA) is 97.4 Å². The molecule has 3 heterocycles. The second-order valence-corrected chi connectivity index (χ2v) is 7.95. The van der Waals surface area contributed by atoms with Crippen LogP contribution in [0.3, 0.4) is 0 Å². The summed E-state index contributed by atoms with van der Waals surface area (Å²) in [7, 11) is 0. The number of rotatable bonds is 5.